The van der Waals surface area contributed by atoms with Gasteiger partial charge in [0.25, 0.3) is 0 Å². The number of esters is 1. The maximum absolute atomic E-state index is 12.3. The Morgan fingerprint density at radius 2 is 1.87 bits per heavy atom. The number of fused-ring (bicyclic) bond motifs is 3. The first-order valence-electron chi connectivity index (χ1n) is 7.25. The number of aromatic nitrogens is 1. The lowest BCUT2D eigenvalue weighted by Crippen LogP contribution is -2.12. The molecule has 0 saturated heterocycles. The molecular formula is C16H16N2O4S. The van der Waals surface area contributed by atoms with Crippen molar-refractivity contribution in [3.05, 3.63) is 29.8 Å². The third-order valence-electron chi connectivity index (χ3n) is 3.46. The molecule has 0 spiro atoms. The Morgan fingerprint density at radius 1 is 1.17 bits per heavy atom. The molecule has 0 aliphatic heterocycles. The fourth-order valence-electron chi connectivity index (χ4n) is 2.61. The van der Waals surface area contributed by atoms with Gasteiger partial charge in [0.05, 0.1) is 18.7 Å². The Bertz CT molecular complexity index is 910. The molecule has 0 atom stereocenters. The topological polar surface area (TPSA) is 83.5 Å². The minimum Gasteiger partial charge on any atom is -0.462 e. The summed E-state index contributed by atoms with van der Waals surface area (Å²) in [5.74, 6) is -0.483. The van der Waals surface area contributed by atoms with Gasteiger partial charge in [-0.2, -0.15) is 0 Å². The second-order valence-electron chi connectivity index (χ2n) is 4.79. The number of nitrogen functional groups attached to an aromatic ring is 1. The van der Waals surface area contributed by atoms with Gasteiger partial charge in [0.1, 0.15) is 15.4 Å². The molecule has 0 aliphatic carbocycles. The second-order valence-corrected chi connectivity index (χ2v) is 5.82. The summed E-state index contributed by atoms with van der Waals surface area (Å²) in [6.45, 7) is 4.00. The predicted molar refractivity (Wildman–Crippen MR) is 90.1 cm³/mol. The largest absolute Gasteiger partial charge is 0.462 e. The molecule has 0 amide bonds. The first kappa shape index (κ1) is 15.4. The number of para-hydroxylation sites is 1. The van der Waals surface area contributed by atoms with E-state index in [0.717, 1.165) is 5.39 Å². The molecule has 2 N–H and O–H groups in total. The summed E-state index contributed by atoms with van der Waals surface area (Å²) in [6.07, 6.45) is -0.490. The van der Waals surface area contributed by atoms with E-state index < -0.39 is 12.1 Å². The number of rotatable bonds is 3. The Morgan fingerprint density at radius 3 is 2.57 bits per heavy atom. The van der Waals surface area contributed by atoms with E-state index in [1.807, 2.05) is 24.3 Å². The summed E-state index contributed by atoms with van der Waals surface area (Å²) in [4.78, 5) is 25.2. The number of anilines is 1. The number of hydrogen-bond donors (Lipinski definition) is 1. The molecule has 6 nitrogen and oxygen atoms in total. The number of hydrogen-bond acceptors (Lipinski definition) is 6. The minimum atomic E-state index is -0.490. The van der Waals surface area contributed by atoms with E-state index in [-0.39, 0.29) is 13.2 Å². The summed E-state index contributed by atoms with van der Waals surface area (Å²) in [7, 11) is 0. The minimum absolute atomic E-state index is 0.256. The Labute approximate surface area is 136 Å². The van der Waals surface area contributed by atoms with Crippen molar-refractivity contribution in [3.8, 4) is 0 Å². The lowest BCUT2D eigenvalue weighted by Gasteiger charge is -2.04. The average Bonchev–Trinajstić information content (AvgIpc) is 3.00. The van der Waals surface area contributed by atoms with Crippen LogP contribution in [-0.4, -0.2) is 29.8 Å². The van der Waals surface area contributed by atoms with Crippen molar-refractivity contribution >= 4 is 49.5 Å². The number of benzene rings is 1. The molecular weight excluding hydrogens is 316 g/mol. The van der Waals surface area contributed by atoms with Gasteiger partial charge in [-0.3, -0.25) is 0 Å². The van der Waals surface area contributed by atoms with E-state index >= 15 is 0 Å². The zero-order chi connectivity index (χ0) is 16.6. The molecule has 0 saturated carbocycles. The van der Waals surface area contributed by atoms with Gasteiger partial charge in [0.2, 0.25) is 0 Å². The van der Waals surface area contributed by atoms with Gasteiger partial charge in [0.15, 0.2) is 0 Å². The van der Waals surface area contributed by atoms with Crippen LogP contribution in [0, 0.1) is 0 Å². The van der Waals surface area contributed by atoms with E-state index in [0.29, 0.717) is 26.3 Å². The SMILES string of the molecule is CCOC(=O)c1c(N)sc2c1c1ccccc1n2C(=O)OCC. The molecule has 0 aliphatic rings. The maximum atomic E-state index is 12.3. The first-order valence-corrected chi connectivity index (χ1v) is 8.07. The lowest BCUT2D eigenvalue weighted by molar-refractivity contribution is 0.0530. The van der Waals surface area contributed by atoms with Crippen molar-refractivity contribution in [1.29, 1.82) is 0 Å². The molecule has 120 valence electrons. The monoisotopic (exact) mass is 332 g/mol. The first-order chi connectivity index (χ1) is 11.1. The van der Waals surface area contributed by atoms with Crippen LogP contribution in [0.2, 0.25) is 0 Å². The zero-order valence-electron chi connectivity index (χ0n) is 12.8. The average molecular weight is 332 g/mol. The molecule has 0 unspecified atom stereocenters. The van der Waals surface area contributed by atoms with Gasteiger partial charge < -0.3 is 15.2 Å². The third kappa shape index (κ3) is 2.33. The Balaban J connectivity index is 2.37. The highest BCUT2D eigenvalue weighted by Crippen LogP contribution is 2.41. The van der Waals surface area contributed by atoms with Crippen LogP contribution in [0.15, 0.2) is 24.3 Å². The molecule has 1 aromatic carbocycles. The summed E-state index contributed by atoms with van der Waals surface area (Å²) >= 11 is 1.18. The van der Waals surface area contributed by atoms with Crippen molar-refractivity contribution in [2.24, 2.45) is 0 Å². The molecule has 7 heteroatoms. The highest BCUT2D eigenvalue weighted by atomic mass is 32.1. The Hall–Kier alpha value is -2.54. The highest BCUT2D eigenvalue weighted by Gasteiger charge is 2.26. The van der Waals surface area contributed by atoms with Gasteiger partial charge in [-0.15, -0.1) is 0 Å². The standard InChI is InChI=1S/C16H16N2O4S/c1-3-21-15(19)12-11-9-7-5-6-8-10(9)18(16(20)22-4-2)14(11)23-13(12)17/h5-8H,3-4,17H2,1-2H3. The summed E-state index contributed by atoms with van der Waals surface area (Å²) in [6, 6.07) is 7.33. The normalized spacial score (nSPS) is 11.0. The lowest BCUT2D eigenvalue weighted by atomic mass is 10.1. The van der Waals surface area contributed by atoms with Gasteiger partial charge in [0, 0.05) is 10.8 Å². The van der Waals surface area contributed by atoms with Crippen LogP contribution in [0.1, 0.15) is 24.2 Å². The molecule has 2 heterocycles. The van der Waals surface area contributed by atoms with Crippen LogP contribution in [0.3, 0.4) is 0 Å². The van der Waals surface area contributed by atoms with Crippen LogP contribution >= 0.6 is 11.3 Å². The van der Waals surface area contributed by atoms with Gasteiger partial charge in [-0.05, 0) is 19.9 Å². The number of carbonyl (C=O) groups is 2. The number of thiophene rings is 1. The van der Waals surface area contributed by atoms with Crippen LogP contribution in [-0.2, 0) is 9.47 Å². The maximum Gasteiger partial charge on any atom is 0.419 e. The number of nitrogens with two attached hydrogens (primary N) is 1. The number of nitrogens with zero attached hydrogens (tertiary/aromatic N) is 1. The fourth-order valence-corrected chi connectivity index (χ4v) is 3.68. The quantitative estimate of drug-likeness (QED) is 0.741. The fraction of sp³-hybridized carbons (Fsp3) is 0.250. The van der Waals surface area contributed by atoms with Crippen molar-refractivity contribution in [2.75, 3.05) is 18.9 Å². The zero-order valence-corrected chi connectivity index (χ0v) is 13.6. The summed E-state index contributed by atoms with van der Waals surface area (Å²) in [5, 5.41) is 1.73. The smallest absolute Gasteiger partial charge is 0.419 e. The Kier molecular flexibility index (Phi) is 3.96. The predicted octanol–water partition coefficient (Wildman–Crippen LogP) is 3.62. The van der Waals surface area contributed by atoms with E-state index in [1.54, 1.807) is 13.8 Å². The van der Waals surface area contributed by atoms with Crippen molar-refractivity contribution in [2.45, 2.75) is 13.8 Å². The van der Waals surface area contributed by atoms with E-state index in [2.05, 4.69) is 0 Å². The highest BCUT2D eigenvalue weighted by molar-refractivity contribution is 7.23. The molecule has 0 fully saturated rings. The number of ether oxygens (including phenoxy) is 2. The van der Waals surface area contributed by atoms with Crippen LogP contribution in [0.5, 0.6) is 0 Å². The summed E-state index contributed by atoms with van der Waals surface area (Å²) < 4.78 is 11.7. The van der Waals surface area contributed by atoms with Crippen LogP contribution in [0.4, 0.5) is 9.80 Å². The van der Waals surface area contributed by atoms with E-state index in [9.17, 15) is 9.59 Å². The second kappa shape index (κ2) is 5.92. The van der Waals surface area contributed by atoms with Gasteiger partial charge >= 0.3 is 12.1 Å². The third-order valence-corrected chi connectivity index (χ3v) is 4.47. The number of carbonyl (C=O) groups excluding carboxylic acids is 2. The van der Waals surface area contributed by atoms with Gasteiger partial charge in [-0.1, -0.05) is 29.5 Å². The molecule has 3 rings (SSSR count). The van der Waals surface area contributed by atoms with Crippen molar-refractivity contribution < 1.29 is 19.1 Å². The van der Waals surface area contributed by atoms with E-state index in [1.165, 1.54) is 15.9 Å². The van der Waals surface area contributed by atoms with Crippen LogP contribution in [0.25, 0.3) is 21.1 Å². The van der Waals surface area contributed by atoms with Crippen molar-refractivity contribution in [3.63, 3.8) is 0 Å². The van der Waals surface area contributed by atoms with Crippen LogP contribution < -0.4 is 5.73 Å². The molecule has 2 aromatic heterocycles. The molecule has 23 heavy (non-hydrogen) atoms. The van der Waals surface area contributed by atoms with Gasteiger partial charge in [-0.25, -0.2) is 14.2 Å². The molecule has 3 aromatic rings. The summed E-state index contributed by atoms with van der Waals surface area (Å²) in [5.41, 5.74) is 7.00. The molecule has 0 radical (unpaired) electrons. The molecule has 0 bridgehead atoms. The van der Waals surface area contributed by atoms with E-state index in [4.69, 9.17) is 15.2 Å². The van der Waals surface area contributed by atoms with Crippen molar-refractivity contribution in [1.82, 2.24) is 4.57 Å².